The van der Waals surface area contributed by atoms with Crippen molar-refractivity contribution in [3.63, 3.8) is 0 Å². The average Bonchev–Trinajstić information content (AvgIpc) is 3.61. The van der Waals surface area contributed by atoms with Crippen molar-refractivity contribution in [1.82, 2.24) is 29.7 Å². The number of aliphatic carboxylic acids is 1. The van der Waals surface area contributed by atoms with Gasteiger partial charge in [0.15, 0.2) is 11.5 Å². The molecule has 6 rings (SSSR count). The number of aromatic nitrogens is 6. The Kier molecular flexibility index (Phi) is 6.55. The van der Waals surface area contributed by atoms with Gasteiger partial charge in [0.2, 0.25) is 5.91 Å². The molecular formula is C29H34N8O3S. The molecule has 1 atom stereocenters. The predicted molar refractivity (Wildman–Crippen MR) is 156 cm³/mol. The van der Waals surface area contributed by atoms with Gasteiger partial charge in [0.25, 0.3) is 0 Å². The van der Waals surface area contributed by atoms with E-state index in [1.54, 1.807) is 32.3 Å². The van der Waals surface area contributed by atoms with Gasteiger partial charge in [-0.05, 0) is 57.6 Å². The number of amides is 1. The number of carbonyl (C=O) groups is 2. The molecule has 12 heteroatoms. The average molecular weight is 575 g/mol. The Morgan fingerprint density at radius 1 is 1.24 bits per heavy atom. The van der Waals surface area contributed by atoms with Crippen molar-refractivity contribution in [2.24, 2.45) is 17.3 Å². The lowest BCUT2D eigenvalue weighted by Crippen LogP contribution is -2.33. The van der Waals surface area contributed by atoms with Crippen molar-refractivity contribution < 1.29 is 14.7 Å². The molecule has 0 aromatic carbocycles. The summed E-state index contributed by atoms with van der Waals surface area (Å²) in [6, 6.07) is 3.82. The molecule has 2 aliphatic rings. The molecule has 0 radical (unpaired) electrons. The lowest BCUT2D eigenvalue weighted by molar-refractivity contribution is -0.146. The molecule has 1 fully saturated rings. The third-order valence-corrected chi connectivity index (χ3v) is 9.70. The molecule has 1 saturated carbocycles. The molecule has 214 valence electrons. The quantitative estimate of drug-likeness (QED) is 0.285. The maximum absolute atomic E-state index is 13.4. The molecule has 4 aromatic rings. The fraction of sp³-hybridized carbons (Fsp3) is 0.483. The third kappa shape index (κ3) is 4.63. The van der Waals surface area contributed by atoms with Crippen LogP contribution in [0.2, 0.25) is 0 Å². The fourth-order valence-electron chi connectivity index (χ4n) is 5.92. The maximum Gasteiger partial charge on any atom is 0.309 e. The van der Waals surface area contributed by atoms with E-state index in [0.29, 0.717) is 39.5 Å². The van der Waals surface area contributed by atoms with Crippen molar-refractivity contribution in [1.29, 1.82) is 0 Å². The van der Waals surface area contributed by atoms with E-state index in [0.717, 1.165) is 23.5 Å². The third-order valence-electron chi connectivity index (χ3n) is 8.59. The second-order valence-corrected chi connectivity index (χ2v) is 13.1. The van der Waals surface area contributed by atoms with Crippen molar-refractivity contribution in [2.75, 3.05) is 11.1 Å². The normalized spacial score (nSPS) is 22.6. The number of thiazole rings is 1. The van der Waals surface area contributed by atoms with Crippen LogP contribution in [0.4, 0.5) is 11.6 Å². The van der Waals surface area contributed by atoms with Gasteiger partial charge in [-0.25, -0.2) is 24.6 Å². The van der Waals surface area contributed by atoms with Crippen molar-refractivity contribution in [3.8, 4) is 11.5 Å². The van der Waals surface area contributed by atoms with E-state index in [1.165, 1.54) is 37.0 Å². The van der Waals surface area contributed by atoms with Crippen LogP contribution in [0, 0.1) is 17.3 Å². The number of rotatable bonds is 7. The van der Waals surface area contributed by atoms with Gasteiger partial charge in [-0.1, -0.05) is 19.8 Å². The van der Waals surface area contributed by atoms with Crippen LogP contribution in [-0.4, -0.2) is 46.7 Å². The monoisotopic (exact) mass is 574 g/mol. The predicted octanol–water partition coefficient (Wildman–Crippen LogP) is 4.66. The molecule has 5 heterocycles. The lowest BCUT2D eigenvalue weighted by Gasteiger charge is -2.26. The summed E-state index contributed by atoms with van der Waals surface area (Å²) in [5.41, 5.74) is 6.76. The minimum Gasteiger partial charge on any atom is -0.481 e. The Bertz CT molecular complexity index is 1670. The largest absolute Gasteiger partial charge is 0.481 e. The highest BCUT2D eigenvalue weighted by Gasteiger charge is 2.50. The van der Waals surface area contributed by atoms with Crippen molar-refractivity contribution >= 4 is 45.9 Å². The summed E-state index contributed by atoms with van der Waals surface area (Å²) in [4.78, 5) is 43.7. The molecule has 1 unspecified atom stereocenters. The summed E-state index contributed by atoms with van der Waals surface area (Å²) < 4.78 is 1.95. The Morgan fingerprint density at radius 3 is 2.73 bits per heavy atom. The number of nitrogens with two attached hydrogens (primary N) is 1. The van der Waals surface area contributed by atoms with E-state index < -0.39 is 16.8 Å². The SMILES string of the molecule is CC1CCC(Cn2nc(-c3nc(N)c4c(n3)NC(=O)C4(C)c3nc(CC(C)(C)C(=O)O)cs3)c3cccnc32)CC1. The van der Waals surface area contributed by atoms with Crippen LogP contribution in [0.3, 0.4) is 0 Å². The minimum atomic E-state index is -1.21. The fourth-order valence-corrected chi connectivity index (χ4v) is 6.91. The molecular weight excluding hydrogens is 540 g/mol. The number of nitrogen functional groups attached to an aromatic ring is 1. The molecule has 0 saturated heterocycles. The first-order chi connectivity index (χ1) is 19.5. The summed E-state index contributed by atoms with van der Waals surface area (Å²) >= 11 is 1.30. The topological polar surface area (TPSA) is 162 Å². The van der Waals surface area contributed by atoms with Gasteiger partial charge in [-0.2, -0.15) is 5.10 Å². The zero-order valence-electron chi connectivity index (χ0n) is 23.6. The highest BCUT2D eigenvalue weighted by molar-refractivity contribution is 7.10. The Morgan fingerprint density at radius 2 is 2.00 bits per heavy atom. The molecule has 4 N–H and O–H groups in total. The lowest BCUT2D eigenvalue weighted by atomic mass is 9.83. The molecule has 1 aliphatic carbocycles. The van der Waals surface area contributed by atoms with Gasteiger partial charge in [-0.3, -0.25) is 9.59 Å². The van der Waals surface area contributed by atoms with E-state index in [1.807, 2.05) is 16.8 Å². The highest BCUT2D eigenvalue weighted by Crippen LogP contribution is 2.46. The zero-order chi connectivity index (χ0) is 29.1. The van der Waals surface area contributed by atoms with Gasteiger partial charge in [0, 0.05) is 24.5 Å². The standard InChI is InChI=1S/C29H34N8O3S/c1-15-7-9-16(10-8-15)13-37-24-18(6-5-11-31-24)20(36-37)23-33-21(30)19-22(34-23)35-25(38)29(19,4)26-32-17(14-41-26)12-28(2,3)27(39)40/h5-6,11,14-16H,7-10,12-13H2,1-4H3,(H,39,40)(H3,30,33,34,35,38). The number of nitrogens with one attached hydrogen (secondary N) is 1. The molecule has 11 nitrogen and oxygen atoms in total. The van der Waals surface area contributed by atoms with Crippen LogP contribution in [0.5, 0.6) is 0 Å². The van der Waals surface area contributed by atoms with E-state index in [2.05, 4.69) is 27.2 Å². The Hall–Kier alpha value is -3.93. The van der Waals surface area contributed by atoms with Crippen LogP contribution in [0.1, 0.15) is 69.6 Å². The molecule has 1 amide bonds. The second kappa shape index (κ2) is 9.86. The van der Waals surface area contributed by atoms with Crippen LogP contribution in [-0.2, 0) is 28.0 Å². The highest BCUT2D eigenvalue weighted by atomic mass is 32.1. The first-order valence-corrected chi connectivity index (χ1v) is 14.8. The second-order valence-electron chi connectivity index (χ2n) is 12.3. The molecule has 4 aromatic heterocycles. The molecule has 0 spiro atoms. The summed E-state index contributed by atoms with van der Waals surface area (Å²) in [5, 5.41) is 20.5. The molecule has 1 aliphatic heterocycles. The number of pyridine rings is 1. The molecule has 41 heavy (non-hydrogen) atoms. The van der Waals surface area contributed by atoms with E-state index in [4.69, 9.17) is 15.8 Å². The number of nitrogens with zero attached hydrogens (tertiary/aromatic N) is 6. The van der Waals surface area contributed by atoms with E-state index in [-0.39, 0.29) is 18.1 Å². The van der Waals surface area contributed by atoms with Gasteiger partial charge in [0.05, 0.1) is 22.1 Å². The molecule has 0 bridgehead atoms. The first kappa shape index (κ1) is 27.3. The summed E-state index contributed by atoms with van der Waals surface area (Å²) in [6.45, 7) is 8.14. The van der Waals surface area contributed by atoms with E-state index >= 15 is 0 Å². The number of fused-ring (bicyclic) bond motifs is 2. The van der Waals surface area contributed by atoms with E-state index in [9.17, 15) is 14.7 Å². The van der Waals surface area contributed by atoms with Gasteiger partial charge < -0.3 is 16.2 Å². The number of anilines is 2. The smallest absolute Gasteiger partial charge is 0.309 e. The van der Waals surface area contributed by atoms with Crippen molar-refractivity contribution in [2.45, 2.75) is 71.8 Å². The van der Waals surface area contributed by atoms with Gasteiger partial charge in [0.1, 0.15) is 27.8 Å². The minimum absolute atomic E-state index is 0.168. The van der Waals surface area contributed by atoms with Crippen LogP contribution >= 0.6 is 11.3 Å². The van der Waals surface area contributed by atoms with Crippen molar-refractivity contribution in [3.05, 3.63) is 40.0 Å². The van der Waals surface area contributed by atoms with Crippen LogP contribution in [0.25, 0.3) is 22.6 Å². The summed E-state index contributed by atoms with van der Waals surface area (Å²) in [7, 11) is 0. The van der Waals surface area contributed by atoms with Gasteiger partial charge >= 0.3 is 5.97 Å². The number of hydrogen-bond donors (Lipinski definition) is 3. The summed E-state index contributed by atoms with van der Waals surface area (Å²) in [6.07, 6.45) is 6.79. The Balaban J connectivity index is 1.36. The number of carboxylic acids is 1. The van der Waals surface area contributed by atoms with Crippen LogP contribution < -0.4 is 11.1 Å². The Labute approximate surface area is 241 Å². The zero-order valence-corrected chi connectivity index (χ0v) is 24.5. The summed E-state index contributed by atoms with van der Waals surface area (Å²) in [5.74, 6) is 0.906. The number of hydrogen-bond acceptors (Lipinski definition) is 9. The van der Waals surface area contributed by atoms with Crippen LogP contribution in [0.15, 0.2) is 23.7 Å². The first-order valence-electron chi connectivity index (χ1n) is 14.0. The van der Waals surface area contributed by atoms with Gasteiger partial charge in [-0.15, -0.1) is 11.3 Å². The number of carbonyl (C=O) groups excluding carboxylic acids is 1. The number of carboxylic acid groups (broad SMARTS) is 1. The maximum atomic E-state index is 13.4.